The van der Waals surface area contributed by atoms with Gasteiger partial charge in [0.05, 0.1) is 11.3 Å². The molecule has 1 amide bonds. The van der Waals surface area contributed by atoms with Gasteiger partial charge < -0.3 is 15.9 Å². The summed E-state index contributed by atoms with van der Waals surface area (Å²) in [5.74, 6) is -0.702. The Morgan fingerprint density at radius 2 is 1.76 bits per heavy atom. The Labute approximate surface area is 121 Å². The van der Waals surface area contributed by atoms with E-state index in [0.717, 1.165) is 0 Å². The van der Waals surface area contributed by atoms with Crippen molar-refractivity contribution in [3.63, 3.8) is 0 Å². The minimum Gasteiger partial charge on any atom is -0.507 e. The predicted octanol–water partition coefficient (Wildman–Crippen LogP) is 1.83. The lowest BCUT2D eigenvalue weighted by Gasteiger charge is -2.06. The van der Waals surface area contributed by atoms with E-state index in [2.05, 4.69) is 10.5 Å². The number of phenolic OH excluding ortho intramolecular Hbond substituents is 2. The number of carbonyl (C=O) groups is 1. The monoisotopic (exact) mass is 285 g/mol. The second-order valence-corrected chi connectivity index (χ2v) is 4.43. The summed E-state index contributed by atoms with van der Waals surface area (Å²) in [5, 5.41) is 23.2. The number of amides is 1. The van der Waals surface area contributed by atoms with Gasteiger partial charge in [-0.1, -0.05) is 12.1 Å². The Kier molecular flexibility index (Phi) is 4.08. The smallest absolute Gasteiger partial charge is 0.275 e. The van der Waals surface area contributed by atoms with E-state index in [4.69, 9.17) is 5.73 Å². The van der Waals surface area contributed by atoms with Crippen molar-refractivity contribution in [1.29, 1.82) is 0 Å². The van der Waals surface area contributed by atoms with Gasteiger partial charge in [-0.25, -0.2) is 5.43 Å². The highest BCUT2D eigenvalue weighted by Crippen LogP contribution is 2.20. The molecule has 0 radical (unpaired) electrons. The van der Waals surface area contributed by atoms with Gasteiger partial charge in [0, 0.05) is 11.3 Å². The molecule has 2 aromatic rings. The summed E-state index contributed by atoms with van der Waals surface area (Å²) >= 11 is 0. The van der Waals surface area contributed by atoms with Crippen molar-refractivity contribution in [2.24, 2.45) is 5.10 Å². The Hall–Kier alpha value is -3.02. The third-order valence-electron chi connectivity index (χ3n) is 2.88. The Morgan fingerprint density at radius 1 is 1.10 bits per heavy atom. The fourth-order valence-corrected chi connectivity index (χ4v) is 1.77. The number of benzene rings is 2. The molecule has 0 aliphatic heterocycles. The van der Waals surface area contributed by atoms with Crippen LogP contribution in [0.25, 0.3) is 0 Å². The van der Waals surface area contributed by atoms with E-state index in [-0.39, 0.29) is 17.1 Å². The minimum atomic E-state index is -0.588. The standard InChI is InChI=1S/C15H15N3O3/c1-9(11-4-2-3-5-13(11)19)17-18-15(21)12-8-10(16)6-7-14(12)20/h2-8,19-20H,16H2,1H3,(H,18,21)/b17-9+. The zero-order valence-corrected chi connectivity index (χ0v) is 11.4. The molecule has 0 bridgehead atoms. The highest BCUT2D eigenvalue weighted by molar-refractivity contribution is 6.03. The van der Waals surface area contributed by atoms with Crippen LogP contribution in [0.5, 0.6) is 11.5 Å². The normalized spacial score (nSPS) is 11.2. The zero-order valence-electron chi connectivity index (χ0n) is 11.4. The molecule has 0 saturated carbocycles. The summed E-state index contributed by atoms with van der Waals surface area (Å²) < 4.78 is 0. The number of phenols is 2. The number of hydrogen-bond donors (Lipinski definition) is 4. The summed E-state index contributed by atoms with van der Waals surface area (Å²) in [6.07, 6.45) is 0. The number of aromatic hydroxyl groups is 2. The number of hydrogen-bond acceptors (Lipinski definition) is 5. The van der Waals surface area contributed by atoms with Crippen LogP contribution in [0.1, 0.15) is 22.8 Å². The van der Waals surface area contributed by atoms with Gasteiger partial charge in [0.25, 0.3) is 5.91 Å². The van der Waals surface area contributed by atoms with Crippen LogP contribution >= 0.6 is 0 Å². The summed E-state index contributed by atoms with van der Waals surface area (Å²) in [6, 6.07) is 10.8. The number of para-hydroxylation sites is 1. The largest absolute Gasteiger partial charge is 0.507 e. The van der Waals surface area contributed by atoms with E-state index in [1.54, 1.807) is 25.1 Å². The predicted molar refractivity (Wildman–Crippen MR) is 80.3 cm³/mol. The van der Waals surface area contributed by atoms with Crippen LogP contribution in [0.3, 0.4) is 0 Å². The van der Waals surface area contributed by atoms with Crippen molar-refractivity contribution >= 4 is 17.3 Å². The molecule has 0 fully saturated rings. The van der Waals surface area contributed by atoms with Crippen molar-refractivity contribution in [1.82, 2.24) is 5.43 Å². The van der Waals surface area contributed by atoms with E-state index in [0.29, 0.717) is 17.0 Å². The lowest BCUT2D eigenvalue weighted by molar-refractivity contribution is 0.0952. The van der Waals surface area contributed by atoms with Crippen LogP contribution in [0, 0.1) is 0 Å². The van der Waals surface area contributed by atoms with Gasteiger partial charge in [-0.05, 0) is 37.3 Å². The minimum absolute atomic E-state index is 0.0313. The fraction of sp³-hybridized carbons (Fsp3) is 0.0667. The number of hydrazone groups is 1. The maximum Gasteiger partial charge on any atom is 0.275 e. The van der Waals surface area contributed by atoms with E-state index < -0.39 is 5.91 Å². The maximum absolute atomic E-state index is 11.9. The molecule has 6 heteroatoms. The summed E-state index contributed by atoms with van der Waals surface area (Å²) in [4.78, 5) is 11.9. The first-order valence-corrected chi connectivity index (χ1v) is 6.20. The van der Waals surface area contributed by atoms with Gasteiger partial charge in [-0.3, -0.25) is 4.79 Å². The van der Waals surface area contributed by atoms with E-state index >= 15 is 0 Å². The molecule has 0 heterocycles. The fourth-order valence-electron chi connectivity index (χ4n) is 1.77. The van der Waals surface area contributed by atoms with Crippen LogP contribution in [0.4, 0.5) is 5.69 Å². The molecule has 0 spiro atoms. The third kappa shape index (κ3) is 3.30. The van der Waals surface area contributed by atoms with Gasteiger partial charge in [0.15, 0.2) is 0 Å². The number of nitrogens with two attached hydrogens (primary N) is 1. The van der Waals surface area contributed by atoms with E-state index in [9.17, 15) is 15.0 Å². The number of carbonyl (C=O) groups excluding carboxylic acids is 1. The SMILES string of the molecule is C/C(=N\NC(=O)c1cc(N)ccc1O)c1ccccc1O. The third-order valence-corrected chi connectivity index (χ3v) is 2.88. The lowest BCUT2D eigenvalue weighted by Crippen LogP contribution is -2.19. The lowest BCUT2D eigenvalue weighted by atomic mass is 10.1. The first kappa shape index (κ1) is 14.4. The van der Waals surface area contributed by atoms with Gasteiger partial charge >= 0.3 is 0 Å². The molecule has 2 aromatic carbocycles. The van der Waals surface area contributed by atoms with Crippen molar-refractivity contribution in [3.8, 4) is 11.5 Å². The first-order chi connectivity index (χ1) is 9.99. The number of nitrogen functional groups attached to an aromatic ring is 1. The van der Waals surface area contributed by atoms with Crippen molar-refractivity contribution in [2.45, 2.75) is 6.92 Å². The van der Waals surface area contributed by atoms with Gasteiger partial charge in [0.1, 0.15) is 11.5 Å². The second-order valence-electron chi connectivity index (χ2n) is 4.43. The van der Waals surface area contributed by atoms with Crippen LogP contribution in [0.15, 0.2) is 47.6 Å². The average molecular weight is 285 g/mol. The Morgan fingerprint density at radius 3 is 2.48 bits per heavy atom. The van der Waals surface area contributed by atoms with E-state index in [1.807, 2.05) is 0 Å². The molecule has 0 unspecified atom stereocenters. The van der Waals surface area contributed by atoms with Crippen molar-refractivity contribution in [3.05, 3.63) is 53.6 Å². The highest BCUT2D eigenvalue weighted by atomic mass is 16.3. The number of nitrogens with zero attached hydrogens (tertiary/aromatic N) is 1. The Bertz CT molecular complexity index is 711. The maximum atomic E-state index is 11.9. The molecule has 0 atom stereocenters. The molecule has 5 N–H and O–H groups in total. The Balaban J connectivity index is 2.19. The van der Waals surface area contributed by atoms with Crippen LogP contribution in [-0.4, -0.2) is 21.8 Å². The number of anilines is 1. The van der Waals surface area contributed by atoms with Crippen molar-refractivity contribution in [2.75, 3.05) is 5.73 Å². The zero-order chi connectivity index (χ0) is 15.4. The molecule has 21 heavy (non-hydrogen) atoms. The molecular formula is C15H15N3O3. The topological polar surface area (TPSA) is 108 Å². The molecule has 0 aromatic heterocycles. The first-order valence-electron chi connectivity index (χ1n) is 6.20. The quantitative estimate of drug-likeness (QED) is 0.298. The molecule has 0 aliphatic carbocycles. The van der Waals surface area contributed by atoms with Crippen LogP contribution < -0.4 is 11.2 Å². The summed E-state index contributed by atoms with van der Waals surface area (Å²) in [7, 11) is 0. The summed E-state index contributed by atoms with van der Waals surface area (Å²) in [5.41, 5.74) is 9.22. The average Bonchev–Trinajstić information content (AvgIpc) is 2.47. The molecule has 2 rings (SSSR count). The number of rotatable bonds is 3. The van der Waals surface area contributed by atoms with Crippen molar-refractivity contribution < 1.29 is 15.0 Å². The van der Waals surface area contributed by atoms with Gasteiger partial charge in [-0.2, -0.15) is 5.10 Å². The van der Waals surface area contributed by atoms with Crippen LogP contribution in [-0.2, 0) is 0 Å². The van der Waals surface area contributed by atoms with Crippen LogP contribution in [0.2, 0.25) is 0 Å². The molecule has 0 aliphatic rings. The van der Waals surface area contributed by atoms with E-state index in [1.165, 1.54) is 24.3 Å². The molecular weight excluding hydrogens is 270 g/mol. The molecule has 0 saturated heterocycles. The second kappa shape index (κ2) is 5.96. The number of nitrogens with one attached hydrogen (secondary N) is 1. The molecule has 6 nitrogen and oxygen atoms in total. The van der Waals surface area contributed by atoms with Gasteiger partial charge in [0.2, 0.25) is 0 Å². The van der Waals surface area contributed by atoms with Gasteiger partial charge in [-0.15, -0.1) is 0 Å². The molecule has 108 valence electrons. The summed E-state index contributed by atoms with van der Waals surface area (Å²) in [6.45, 7) is 1.65. The highest BCUT2D eigenvalue weighted by Gasteiger charge is 2.11.